The Kier molecular flexibility index (Phi) is 7.65. The molecule has 1 aromatic rings. The van der Waals surface area contributed by atoms with E-state index in [1.54, 1.807) is 18.2 Å². The van der Waals surface area contributed by atoms with Gasteiger partial charge in [-0.05, 0) is 37.6 Å². The number of hydrogen-bond donors (Lipinski definition) is 2. The molecular weight excluding hydrogens is 314 g/mol. The fraction of sp³-hybridized carbons (Fsp3) is 0.588. The molecule has 0 saturated carbocycles. The van der Waals surface area contributed by atoms with Gasteiger partial charge in [-0.3, -0.25) is 4.79 Å². The number of rotatable bonds is 8. The molecule has 1 heterocycles. The van der Waals surface area contributed by atoms with Crippen LogP contribution in [0, 0.1) is 0 Å². The van der Waals surface area contributed by atoms with Crippen LogP contribution in [0.4, 0.5) is 0 Å². The molecule has 1 saturated heterocycles. The molecule has 23 heavy (non-hydrogen) atoms. The van der Waals surface area contributed by atoms with E-state index in [1.807, 2.05) is 6.92 Å². The van der Waals surface area contributed by atoms with Crippen molar-refractivity contribution in [1.82, 2.24) is 15.5 Å². The van der Waals surface area contributed by atoms with E-state index >= 15 is 0 Å². The maximum absolute atomic E-state index is 12.4. The first-order valence-electron chi connectivity index (χ1n) is 8.34. The lowest BCUT2D eigenvalue weighted by Gasteiger charge is -2.27. The van der Waals surface area contributed by atoms with Gasteiger partial charge >= 0.3 is 0 Å². The maximum atomic E-state index is 12.4. The molecule has 0 spiro atoms. The van der Waals surface area contributed by atoms with Crippen molar-refractivity contribution in [3.63, 3.8) is 0 Å². The largest absolute Gasteiger partial charge is 0.493 e. The van der Waals surface area contributed by atoms with E-state index in [0.29, 0.717) is 29.5 Å². The van der Waals surface area contributed by atoms with E-state index in [4.69, 9.17) is 16.3 Å². The van der Waals surface area contributed by atoms with Crippen LogP contribution in [0.3, 0.4) is 0 Å². The van der Waals surface area contributed by atoms with Gasteiger partial charge in [-0.1, -0.05) is 18.5 Å². The lowest BCUT2D eigenvalue weighted by atomic mass is 10.2. The molecule has 0 aliphatic carbocycles. The van der Waals surface area contributed by atoms with Gasteiger partial charge in [-0.25, -0.2) is 0 Å². The average molecular weight is 340 g/mol. The van der Waals surface area contributed by atoms with Crippen molar-refractivity contribution in [1.29, 1.82) is 0 Å². The van der Waals surface area contributed by atoms with Gasteiger partial charge in [0, 0.05) is 37.7 Å². The highest BCUT2D eigenvalue weighted by molar-refractivity contribution is 6.31. The van der Waals surface area contributed by atoms with Gasteiger partial charge in [0.05, 0.1) is 12.2 Å². The smallest absolute Gasteiger partial charge is 0.255 e. The van der Waals surface area contributed by atoms with Crippen molar-refractivity contribution in [2.24, 2.45) is 0 Å². The number of hydrogen-bond acceptors (Lipinski definition) is 4. The lowest BCUT2D eigenvalue weighted by molar-refractivity contribution is 0.0947. The molecule has 1 aliphatic heterocycles. The summed E-state index contributed by atoms with van der Waals surface area (Å²) in [5, 5.41) is 6.84. The van der Waals surface area contributed by atoms with Crippen LogP contribution in [-0.2, 0) is 0 Å². The molecule has 128 valence electrons. The van der Waals surface area contributed by atoms with Crippen molar-refractivity contribution >= 4 is 17.5 Å². The van der Waals surface area contributed by atoms with Crippen LogP contribution in [0.1, 0.15) is 30.1 Å². The molecule has 1 fully saturated rings. The number of amides is 1. The molecular formula is C17H26ClN3O2. The monoisotopic (exact) mass is 339 g/mol. The normalized spacial score (nSPS) is 15.4. The minimum atomic E-state index is -0.126. The lowest BCUT2D eigenvalue weighted by Crippen LogP contribution is -2.44. The van der Waals surface area contributed by atoms with Crippen LogP contribution < -0.4 is 15.4 Å². The van der Waals surface area contributed by atoms with Gasteiger partial charge in [-0.15, -0.1) is 0 Å². The number of nitrogens with zero attached hydrogens (tertiary/aromatic N) is 1. The molecule has 5 nitrogen and oxygen atoms in total. The van der Waals surface area contributed by atoms with Gasteiger partial charge in [0.2, 0.25) is 0 Å². The zero-order chi connectivity index (χ0) is 16.5. The Morgan fingerprint density at radius 1 is 1.39 bits per heavy atom. The second-order valence-corrected chi connectivity index (χ2v) is 6.13. The third kappa shape index (κ3) is 6.01. The quantitative estimate of drug-likeness (QED) is 0.713. The van der Waals surface area contributed by atoms with Crippen molar-refractivity contribution in [2.75, 3.05) is 45.9 Å². The zero-order valence-electron chi connectivity index (χ0n) is 13.7. The second-order valence-electron chi connectivity index (χ2n) is 5.69. The average Bonchev–Trinajstić information content (AvgIpc) is 2.58. The summed E-state index contributed by atoms with van der Waals surface area (Å²) in [6.45, 7) is 8.55. The summed E-state index contributed by atoms with van der Waals surface area (Å²) in [6.07, 6.45) is 1.84. The molecule has 2 N–H and O–H groups in total. The van der Waals surface area contributed by atoms with Crippen LogP contribution >= 0.6 is 11.6 Å². The summed E-state index contributed by atoms with van der Waals surface area (Å²) in [5.74, 6) is 0.467. The number of piperazine rings is 1. The van der Waals surface area contributed by atoms with Gasteiger partial charge < -0.3 is 20.3 Å². The second kappa shape index (κ2) is 9.75. The SMILES string of the molecule is CCCOc1ccc(Cl)cc1C(=O)NCCCN1CCNCC1. The number of carbonyl (C=O) groups excluding carboxylic acids is 1. The third-order valence-corrected chi connectivity index (χ3v) is 4.03. The van der Waals surface area contributed by atoms with Crippen molar-refractivity contribution in [2.45, 2.75) is 19.8 Å². The first kappa shape index (κ1) is 18.0. The van der Waals surface area contributed by atoms with Crippen molar-refractivity contribution < 1.29 is 9.53 Å². The summed E-state index contributed by atoms with van der Waals surface area (Å²) < 4.78 is 5.63. The van der Waals surface area contributed by atoms with Gasteiger partial charge in [0.15, 0.2) is 0 Å². The predicted molar refractivity (Wildman–Crippen MR) is 93.5 cm³/mol. The van der Waals surface area contributed by atoms with Crippen LogP contribution in [0.2, 0.25) is 5.02 Å². The highest BCUT2D eigenvalue weighted by atomic mass is 35.5. The molecule has 1 amide bonds. The van der Waals surface area contributed by atoms with E-state index in [0.717, 1.165) is 45.6 Å². The Morgan fingerprint density at radius 2 is 2.17 bits per heavy atom. The molecule has 0 radical (unpaired) electrons. The van der Waals surface area contributed by atoms with E-state index < -0.39 is 0 Å². The maximum Gasteiger partial charge on any atom is 0.255 e. The third-order valence-electron chi connectivity index (χ3n) is 3.79. The molecule has 1 aliphatic rings. The van der Waals surface area contributed by atoms with Gasteiger partial charge in [-0.2, -0.15) is 0 Å². The highest BCUT2D eigenvalue weighted by Crippen LogP contribution is 2.23. The Bertz CT molecular complexity index is 505. The highest BCUT2D eigenvalue weighted by Gasteiger charge is 2.14. The fourth-order valence-electron chi connectivity index (χ4n) is 2.55. The summed E-state index contributed by atoms with van der Waals surface area (Å²) >= 11 is 6.01. The van der Waals surface area contributed by atoms with Gasteiger partial charge in [0.25, 0.3) is 5.91 Å². The van der Waals surface area contributed by atoms with Crippen molar-refractivity contribution in [3.05, 3.63) is 28.8 Å². The van der Waals surface area contributed by atoms with Crippen LogP contribution in [-0.4, -0.2) is 56.7 Å². The van der Waals surface area contributed by atoms with E-state index in [1.165, 1.54) is 0 Å². The number of halogens is 1. The van der Waals surface area contributed by atoms with Crippen LogP contribution in [0.25, 0.3) is 0 Å². The minimum Gasteiger partial charge on any atom is -0.493 e. The Morgan fingerprint density at radius 3 is 2.91 bits per heavy atom. The number of benzene rings is 1. The number of carbonyl (C=O) groups is 1. The molecule has 1 aromatic carbocycles. The Balaban J connectivity index is 1.81. The summed E-state index contributed by atoms with van der Waals surface area (Å²) in [4.78, 5) is 14.8. The minimum absolute atomic E-state index is 0.126. The predicted octanol–water partition coefficient (Wildman–Crippen LogP) is 2.15. The van der Waals surface area contributed by atoms with E-state index in [9.17, 15) is 4.79 Å². The van der Waals surface area contributed by atoms with Crippen LogP contribution in [0.15, 0.2) is 18.2 Å². The first-order valence-corrected chi connectivity index (χ1v) is 8.72. The summed E-state index contributed by atoms with van der Waals surface area (Å²) in [5.41, 5.74) is 0.508. The summed E-state index contributed by atoms with van der Waals surface area (Å²) in [7, 11) is 0. The Labute approximate surface area is 143 Å². The Hall–Kier alpha value is -1.30. The van der Waals surface area contributed by atoms with E-state index in [2.05, 4.69) is 15.5 Å². The topological polar surface area (TPSA) is 53.6 Å². The fourth-order valence-corrected chi connectivity index (χ4v) is 2.72. The van der Waals surface area contributed by atoms with Crippen LogP contribution in [0.5, 0.6) is 5.75 Å². The molecule has 2 rings (SSSR count). The number of ether oxygens (including phenoxy) is 1. The molecule has 6 heteroatoms. The molecule has 0 atom stereocenters. The summed E-state index contributed by atoms with van der Waals surface area (Å²) in [6, 6.07) is 5.17. The standard InChI is InChI=1S/C17H26ClN3O2/c1-2-12-23-16-5-4-14(18)13-15(16)17(22)20-6-3-9-21-10-7-19-8-11-21/h4-5,13,19H,2-3,6-12H2,1H3,(H,20,22). The molecule has 0 aromatic heterocycles. The van der Waals surface area contributed by atoms with E-state index in [-0.39, 0.29) is 5.91 Å². The zero-order valence-corrected chi connectivity index (χ0v) is 14.5. The molecule has 0 unspecified atom stereocenters. The first-order chi connectivity index (χ1) is 11.2. The van der Waals surface area contributed by atoms with Gasteiger partial charge in [0.1, 0.15) is 5.75 Å². The molecule has 0 bridgehead atoms. The van der Waals surface area contributed by atoms with Crippen molar-refractivity contribution in [3.8, 4) is 5.75 Å². The number of nitrogens with one attached hydrogen (secondary N) is 2.